The summed E-state index contributed by atoms with van der Waals surface area (Å²) in [5, 5.41) is 10.7. The third-order valence-corrected chi connectivity index (χ3v) is 4.09. The zero-order chi connectivity index (χ0) is 15.5. The fraction of sp³-hybridized carbons (Fsp3) is 0.222. The van der Waals surface area contributed by atoms with E-state index in [1.165, 1.54) is 12.1 Å². The first kappa shape index (κ1) is 14.5. The number of ether oxygens (including phenoxy) is 1. The van der Waals surface area contributed by atoms with E-state index in [0.29, 0.717) is 0 Å². The number of benzene rings is 2. The Hall–Kier alpha value is -2.46. The second kappa shape index (κ2) is 6.12. The Labute approximate surface area is 129 Å². The lowest BCUT2D eigenvalue weighted by Gasteiger charge is -2.16. The van der Waals surface area contributed by atoms with Gasteiger partial charge >= 0.3 is 0 Å². The number of rotatable bonds is 4. The molecule has 112 valence electrons. The van der Waals surface area contributed by atoms with E-state index in [0.717, 1.165) is 17.5 Å². The van der Waals surface area contributed by atoms with Crippen molar-refractivity contribution in [2.75, 3.05) is 0 Å². The van der Waals surface area contributed by atoms with Crippen LogP contribution in [0.3, 0.4) is 0 Å². The van der Waals surface area contributed by atoms with E-state index in [2.05, 4.69) is 18.7 Å². The molecule has 0 aromatic heterocycles. The van der Waals surface area contributed by atoms with E-state index in [4.69, 9.17) is 4.74 Å². The second-order valence-electron chi connectivity index (χ2n) is 5.44. The molecule has 2 aromatic carbocycles. The van der Waals surface area contributed by atoms with Gasteiger partial charge in [-0.3, -0.25) is 10.1 Å². The van der Waals surface area contributed by atoms with Crippen molar-refractivity contribution < 1.29 is 9.66 Å². The van der Waals surface area contributed by atoms with Gasteiger partial charge in [0.15, 0.2) is 0 Å². The van der Waals surface area contributed by atoms with Gasteiger partial charge in [0.2, 0.25) is 0 Å². The summed E-state index contributed by atoms with van der Waals surface area (Å²) in [5.74, 6) is 0.201. The van der Waals surface area contributed by atoms with Crippen LogP contribution in [0.15, 0.2) is 67.3 Å². The van der Waals surface area contributed by atoms with Crippen molar-refractivity contribution in [1.82, 2.24) is 0 Å². The first-order chi connectivity index (χ1) is 10.7. The summed E-state index contributed by atoms with van der Waals surface area (Å²) in [5.41, 5.74) is 2.20. The maximum absolute atomic E-state index is 10.7. The number of hydrogen-bond donors (Lipinski definition) is 0. The third-order valence-electron chi connectivity index (χ3n) is 4.09. The van der Waals surface area contributed by atoms with Crippen LogP contribution >= 0.6 is 0 Å². The van der Waals surface area contributed by atoms with Crippen LogP contribution in [0.2, 0.25) is 0 Å². The predicted molar refractivity (Wildman–Crippen MR) is 84.4 cm³/mol. The van der Waals surface area contributed by atoms with Gasteiger partial charge < -0.3 is 4.74 Å². The fourth-order valence-corrected chi connectivity index (χ4v) is 2.92. The molecule has 0 spiro atoms. The lowest BCUT2D eigenvalue weighted by molar-refractivity contribution is -0.384. The monoisotopic (exact) mass is 295 g/mol. The molecule has 0 radical (unpaired) electrons. The first-order valence-corrected chi connectivity index (χ1v) is 7.26. The highest BCUT2D eigenvalue weighted by atomic mass is 16.6. The lowest BCUT2D eigenvalue weighted by atomic mass is 9.93. The molecule has 1 aliphatic rings. The van der Waals surface area contributed by atoms with Crippen LogP contribution in [0.4, 0.5) is 5.69 Å². The maximum Gasteiger partial charge on any atom is 0.269 e. The Bertz CT molecular complexity index is 666. The molecule has 0 N–H and O–H groups in total. The van der Waals surface area contributed by atoms with E-state index in [-0.39, 0.29) is 23.8 Å². The quantitative estimate of drug-likeness (QED) is 0.470. The summed E-state index contributed by atoms with van der Waals surface area (Å²) in [7, 11) is 0. The molecule has 1 fully saturated rings. The van der Waals surface area contributed by atoms with Gasteiger partial charge in [-0.1, -0.05) is 36.4 Å². The molecule has 0 amide bonds. The van der Waals surface area contributed by atoms with Crippen LogP contribution in [0, 0.1) is 16.0 Å². The Morgan fingerprint density at radius 3 is 2.36 bits per heavy atom. The largest absolute Gasteiger partial charge is 0.365 e. The first-order valence-electron chi connectivity index (χ1n) is 7.26. The van der Waals surface area contributed by atoms with Crippen molar-refractivity contribution >= 4 is 5.69 Å². The van der Waals surface area contributed by atoms with Crippen molar-refractivity contribution in [2.24, 2.45) is 5.92 Å². The van der Waals surface area contributed by atoms with E-state index in [9.17, 15) is 10.1 Å². The Morgan fingerprint density at radius 2 is 1.77 bits per heavy atom. The molecule has 3 unspecified atom stereocenters. The van der Waals surface area contributed by atoms with Crippen molar-refractivity contribution in [1.29, 1.82) is 0 Å². The van der Waals surface area contributed by atoms with Gasteiger partial charge in [-0.05, 0) is 29.7 Å². The van der Waals surface area contributed by atoms with Gasteiger partial charge in [-0.2, -0.15) is 0 Å². The molecular weight excluding hydrogens is 278 g/mol. The van der Waals surface area contributed by atoms with Gasteiger partial charge in [0.1, 0.15) is 0 Å². The van der Waals surface area contributed by atoms with Crippen molar-refractivity contribution in [3.63, 3.8) is 0 Å². The van der Waals surface area contributed by atoms with Gasteiger partial charge in [0.05, 0.1) is 17.1 Å². The highest BCUT2D eigenvalue weighted by Gasteiger charge is 2.35. The Morgan fingerprint density at radius 1 is 1.09 bits per heavy atom. The molecule has 4 heteroatoms. The van der Waals surface area contributed by atoms with Crippen molar-refractivity contribution in [3.05, 3.63) is 88.5 Å². The van der Waals surface area contributed by atoms with E-state index in [1.807, 2.05) is 24.3 Å². The number of hydrogen-bond acceptors (Lipinski definition) is 3. The molecule has 1 saturated heterocycles. The SMILES string of the molecule is C=CC1CC(c2ccccc2)OC1c1ccc([N+](=O)[O-])cc1. The minimum atomic E-state index is -0.392. The molecule has 0 bridgehead atoms. The Balaban J connectivity index is 1.83. The molecule has 1 heterocycles. The zero-order valence-corrected chi connectivity index (χ0v) is 12.1. The minimum absolute atomic E-state index is 0.0318. The zero-order valence-electron chi connectivity index (χ0n) is 12.1. The van der Waals surface area contributed by atoms with Crippen LogP contribution in [-0.2, 0) is 4.74 Å². The van der Waals surface area contributed by atoms with Crippen LogP contribution in [0.1, 0.15) is 29.8 Å². The van der Waals surface area contributed by atoms with E-state index < -0.39 is 4.92 Å². The van der Waals surface area contributed by atoms with Crippen molar-refractivity contribution in [3.8, 4) is 0 Å². The van der Waals surface area contributed by atoms with Crippen LogP contribution in [0.5, 0.6) is 0 Å². The molecule has 22 heavy (non-hydrogen) atoms. The molecule has 3 atom stereocenters. The summed E-state index contributed by atoms with van der Waals surface area (Å²) in [6.07, 6.45) is 2.71. The van der Waals surface area contributed by atoms with Gasteiger partial charge in [-0.25, -0.2) is 0 Å². The summed E-state index contributed by atoms with van der Waals surface area (Å²) < 4.78 is 6.20. The third kappa shape index (κ3) is 2.78. The van der Waals surface area contributed by atoms with Crippen LogP contribution < -0.4 is 0 Å². The summed E-state index contributed by atoms with van der Waals surface area (Å²) >= 11 is 0. The molecule has 4 nitrogen and oxygen atoms in total. The lowest BCUT2D eigenvalue weighted by Crippen LogP contribution is -2.05. The molecule has 1 aliphatic heterocycles. The fourth-order valence-electron chi connectivity index (χ4n) is 2.92. The molecule has 0 saturated carbocycles. The maximum atomic E-state index is 10.7. The van der Waals surface area contributed by atoms with E-state index >= 15 is 0 Å². The van der Waals surface area contributed by atoms with Crippen LogP contribution in [0.25, 0.3) is 0 Å². The highest BCUT2D eigenvalue weighted by molar-refractivity contribution is 5.35. The molecule has 0 aliphatic carbocycles. The standard InChI is InChI=1S/C18H17NO3/c1-2-13-12-17(14-6-4-3-5-7-14)22-18(13)15-8-10-16(11-9-15)19(20)21/h2-11,13,17-18H,1,12H2. The van der Waals surface area contributed by atoms with Gasteiger partial charge in [-0.15, -0.1) is 6.58 Å². The minimum Gasteiger partial charge on any atom is -0.365 e. The number of nitro groups is 1. The Kier molecular flexibility index (Phi) is 4.02. The summed E-state index contributed by atoms with van der Waals surface area (Å²) in [6.45, 7) is 3.90. The number of nitrogens with zero attached hydrogens (tertiary/aromatic N) is 1. The summed E-state index contributed by atoms with van der Waals surface area (Å²) in [4.78, 5) is 10.4. The van der Waals surface area contributed by atoms with Gasteiger partial charge in [0, 0.05) is 18.1 Å². The highest BCUT2D eigenvalue weighted by Crippen LogP contribution is 2.45. The molecule has 2 aromatic rings. The molecular formula is C18H17NO3. The smallest absolute Gasteiger partial charge is 0.269 e. The van der Waals surface area contributed by atoms with Crippen molar-refractivity contribution in [2.45, 2.75) is 18.6 Å². The number of nitro benzene ring substituents is 1. The average Bonchev–Trinajstić information content (AvgIpc) is 3.00. The average molecular weight is 295 g/mol. The van der Waals surface area contributed by atoms with Crippen LogP contribution in [-0.4, -0.2) is 4.92 Å². The number of non-ortho nitro benzene ring substituents is 1. The topological polar surface area (TPSA) is 52.4 Å². The van der Waals surface area contributed by atoms with Gasteiger partial charge in [0.25, 0.3) is 5.69 Å². The van der Waals surface area contributed by atoms with E-state index in [1.54, 1.807) is 12.1 Å². The summed E-state index contributed by atoms with van der Waals surface area (Å²) in [6, 6.07) is 16.7. The predicted octanol–water partition coefficient (Wildman–Crippen LogP) is 4.60. The normalized spacial score (nSPS) is 24.1. The second-order valence-corrected chi connectivity index (χ2v) is 5.44. The molecule has 3 rings (SSSR count).